The van der Waals surface area contributed by atoms with Gasteiger partial charge < -0.3 is 20.1 Å². The molecule has 4 N–H and O–H groups in total. The molecule has 0 aliphatic carbocycles. The lowest BCUT2D eigenvalue weighted by Crippen LogP contribution is -2.51. The first-order chi connectivity index (χ1) is 12.2. The summed E-state index contributed by atoms with van der Waals surface area (Å²) in [6.07, 6.45) is -6.66. The second-order valence-corrected chi connectivity index (χ2v) is 5.81. The third-order valence-electron chi connectivity index (χ3n) is 4.10. The molecular formula is C16H15FN2O7. The zero-order chi connectivity index (χ0) is 19.1. The number of Topliss-reactive ketones (excluding diaryl/α,β-unsaturated/α-hetero) is 1. The van der Waals surface area contributed by atoms with Gasteiger partial charge in [0.2, 0.25) is 5.78 Å². The molecule has 1 saturated heterocycles. The molecule has 10 heteroatoms. The fourth-order valence-corrected chi connectivity index (χ4v) is 2.75. The van der Waals surface area contributed by atoms with Crippen molar-refractivity contribution in [3.63, 3.8) is 0 Å². The molecule has 1 fully saturated rings. The van der Waals surface area contributed by atoms with Gasteiger partial charge >= 0.3 is 5.69 Å². The first-order valence-electron chi connectivity index (χ1n) is 7.57. The van der Waals surface area contributed by atoms with Crippen molar-refractivity contribution in [2.75, 3.05) is 0 Å². The summed E-state index contributed by atoms with van der Waals surface area (Å²) in [6, 6.07) is 7.95. The average Bonchev–Trinajstić information content (AvgIpc) is 2.91. The Morgan fingerprint density at radius 3 is 2.42 bits per heavy atom. The van der Waals surface area contributed by atoms with Crippen LogP contribution in [0, 0.1) is 0 Å². The van der Waals surface area contributed by atoms with Gasteiger partial charge in [-0.2, -0.15) is 0 Å². The summed E-state index contributed by atoms with van der Waals surface area (Å²) < 4.78 is 20.6. The van der Waals surface area contributed by atoms with Crippen molar-refractivity contribution in [3.8, 4) is 0 Å². The predicted octanol–water partition coefficient (Wildman–Crippen LogP) is -1.30. The Bertz CT molecular complexity index is 924. The largest absolute Gasteiger partial charge is 0.387 e. The van der Waals surface area contributed by atoms with E-state index in [9.17, 15) is 34.1 Å². The zero-order valence-electron chi connectivity index (χ0n) is 13.2. The van der Waals surface area contributed by atoms with E-state index < -0.39 is 47.4 Å². The number of aliphatic hydroxyl groups is 3. The topological polar surface area (TPSA) is 142 Å². The number of carbonyl (C=O) groups excluding carboxylic acids is 1. The smallest absolute Gasteiger partial charge is 0.330 e. The highest BCUT2D eigenvalue weighted by Gasteiger charge is 2.58. The Kier molecular flexibility index (Phi) is 4.59. The van der Waals surface area contributed by atoms with Crippen molar-refractivity contribution >= 4 is 5.78 Å². The molecule has 26 heavy (non-hydrogen) atoms. The summed E-state index contributed by atoms with van der Waals surface area (Å²) in [7, 11) is 0. The van der Waals surface area contributed by atoms with E-state index in [0.717, 1.165) is 12.3 Å². The van der Waals surface area contributed by atoms with Crippen LogP contribution in [0.2, 0.25) is 0 Å². The minimum Gasteiger partial charge on any atom is -0.387 e. The van der Waals surface area contributed by atoms with Crippen LogP contribution in [-0.2, 0) is 4.74 Å². The first-order valence-corrected chi connectivity index (χ1v) is 7.57. The minimum atomic E-state index is -3.66. The number of nitrogens with zero attached hydrogens (tertiary/aromatic N) is 1. The van der Waals surface area contributed by atoms with E-state index in [4.69, 9.17) is 4.74 Å². The molecule has 1 aliphatic heterocycles. The molecule has 0 bridgehead atoms. The van der Waals surface area contributed by atoms with Gasteiger partial charge in [-0.3, -0.25) is 19.1 Å². The number of rotatable bonds is 4. The van der Waals surface area contributed by atoms with Gasteiger partial charge in [0.05, 0.1) is 0 Å². The summed E-state index contributed by atoms with van der Waals surface area (Å²) in [4.78, 5) is 37.1. The number of aromatic nitrogens is 2. The van der Waals surface area contributed by atoms with Crippen molar-refractivity contribution < 1.29 is 29.2 Å². The molecule has 0 spiro atoms. The molecule has 0 radical (unpaired) electrons. The van der Waals surface area contributed by atoms with E-state index in [1.54, 1.807) is 6.07 Å². The Morgan fingerprint density at radius 1 is 1.15 bits per heavy atom. The molecule has 5 atom stereocenters. The number of aromatic amines is 1. The third-order valence-corrected chi connectivity index (χ3v) is 4.10. The average molecular weight is 366 g/mol. The van der Waals surface area contributed by atoms with Gasteiger partial charge in [0.15, 0.2) is 12.3 Å². The SMILES string of the molecule is O=C(c1ccccc1)C(O)(F)[C@H]1O[C@@H](n2ccc(=O)[nH]c2=O)[C@H](O)[C@@H]1O. The molecule has 1 aliphatic rings. The number of H-pyrrole nitrogens is 1. The van der Waals surface area contributed by atoms with Crippen LogP contribution in [0.4, 0.5) is 4.39 Å². The number of carbonyl (C=O) groups is 1. The highest BCUT2D eigenvalue weighted by molar-refractivity contribution is 6.01. The second-order valence-electron chi connectivity index (χ2n) is 5.81. The molecule has 3 rings (SSSR count). The lowest BCUT2D eigenvalue weighted by Gasteiger charge is -2.26. The maximum absolute atomic E-state index is 14.8. The highest BCUT2D eigenvalue weighted by atomic mass is 19.2. The Balaban J connectivity index is 1.93. The van der Waals surface area contributed by atoms with Gasteiger partial charge in [-0.15, -0.1) is 0 Å². The van der Waals surface area contributed by atoms with Crippen LogP contribution in [0.25, 0.3) is 0 Å². The monoisotopic (exact) mass is 366 g/mol. The van der Waals surface area contributed by atoms with Gasteiger partial charge in [-0.05, 0) is 0 Å². The fourth-order valence-electron chi connectivity index (χ4n) is 2.75. The van der Waals surface area contributed by atoms with Crippen LogP contribution >= 0.6 is 0 Å². The highest BCUT2D eigenvalue weighted by Crippen LogP contribution is 2.36. The third kappa shape index (κ3) is 2.99. The molecule has 1 unspecified atom stereocenters. The Morgan fingerprint density at radius 2 is 1.81 bits per heavy atom. The molecule has 1 aromatic carbocycles. The van der Waals surface area contributed by atoms with E-state index in [1.165, 1.54) is 24.3 Å². The van der Waals surface area contributed by atoms with Gasteiger partial charge in [0.25, 0.3) is 11.4 Å². The molecule has 0 saturated carbocycles. The molecule has 2 aromatic rings. The number of ketones is 1. The lowest BCUT2D eigenvalue weighted by atomic mass is 9.96. The molecular weight excluding hydrogens is 351 g/mol. The minimum absolute atomic E-state index is 0.174. The number of hydrogen-bond donors (Lipinski definition) is 4. The summed E-state index contributed by atoms with van der Waals surface area (Å²) in [5.41, 5.74) is -1.87. The van der Waals surface area contributed by atoms with Gasteiger partial charge in [-0.25, -0.2) is 9.18 Å². The zero-order valence-corrected chi connectivity index (χ0v) is 13.2. The van der Waals surface area contributed by atoms with E-state index in [2.05, 4.69) is 0 Å². The van der Waals surface area contributed by atoms with Crippen molar-refractivity contribution in [2.45, 2.75) is 30.4 Å². The van der Waals surface area contributed by atoms with Crippen molar-refractivity contribution in [1.82, 2.24) is 9.55 Å². The van der Waals surface area contributed by atoms with Crippen LogP contribution in [0.3, 0.4) is 0 Å². The molecule has 2 heterocycles. The van der Waals surface area contributed by atoms with Crippen LogP contribution in [0.1, 0.15) is 16.6 Å². The summed E-state index contributed by atoms with van der Waals surface area (Å²) in [5.74, 6) is -5.04. The number of halogens is 1. The van der Waals surface area contributed by atoms with Crippen LogP contribution in [0.5, 0.6) is 0 Å². The van der Waals surface area contributed by atoms with E-state index in [-0.39, 0.29) is 5.56 Å². The number of hydrogen-bond acceptors (Lipinski definition) is 7. The van der Waals surface area contributed by atoms with E-state index >= 15 is 0 Å². The van der Waals surface area contributed by atoms with Crippen LogP contribution in [-0.4, -0.2) is 54.8 Å². The Hall–Kier alpha value is -2.66. The number of aliphatic hydroxyl groups excluding tert-OH is 2. The quantitative estimate of drug-likeness (QED) is 0.493. The number of benzene rings is 1. The second kappa shape index (κ2) is 6.57. The van der Waals surface area contributed by atoms with Crippen molar-refractivity contribution in [2.24, 2.45) is 0 Å². The normalized spacial score (nSPS) is 27.8. The Labute approximate surface area is 144 Å². The predicted molar refractivity (Wildman–Crippen MR) is 84.1 cm³/mol. The van der Waals surface area contributed by atoms with Crippen LogP contribution < -0.4 is 11.2 Å². The maximum Gasteiger partial charge on any atom is 0.330 e. The van der Waals surface area contributed by atoms with Gasteiger partial charge in [-0.1, -0.05) is 30.3 Å². The first kappa shape index (κ1) is 18.1. The van der Waals surface area contributed by atoms with Gasteiger partial charge in [0.1, 0.15) is 12.2 Å². The lowest BCUT2D eigenvalue weighted by molar-refractivity contribution is -0.178. The molecule has 9 nitrogen and oxygen atoms in total. The standard InChI is InChI=1S/C16H15FN2O7/c17-16(25,12(23)8-4-2-1-3-5-8)13-10(21)11(22)14(26-13)19-7-6-9(20)18-15(19)24/h1-7,10-11,13-14,21-22,25H,(H,18,20,24)/t10-,11+,13-,14+,16?/m0/s1. The maximum atomic E-state index is 14.8. The molecule has 1 aromatic heterocycles. The van der Waals surface area contributed by atoms with Crippen LogP contribution in [0.15, 0.2) is 52.2 Å². The number of ether oxygens (including phenoxy) is 1. The number of alkyl halides is 1. The number of nitrogens with one attached hydrogen (secondary N) is 1. The molecule has 138 valence electrons. The fraction of sp³-hybridized carbons (Fsp3) is 0.312. The molecule has 0 amide bonds. The van der Waals surface area contributed by atoms with Crippen molar-refractivity contribution in [3.05, 3.63) is 69.0 Å². The van der Waals surface area contributed by atoms with E-state index in [1.807, 2.05) is 4.98 Å². The van der Waals surface area contributed by atoms with Crippen molar-refractivity contribution in [1.29, 1.82) is 0 Å². The summed E-state index contributed by atoms with van der Waals surface area (Å²) >= 11 is 0. The summed E-state index contributed by atoms with van der Waals surface area (Å²) in [5, 5.41) is 30.2. The van der Waals surface area contributed by atoms with E-state index in [0.29, 0.717) is 4.57 Å². The van der Waals surface area contributed by atoms with Gasteiger partial charge in [0, 0.05) is 17.8 Å². The summed E-state index contributed by atoms with van der Waals surface area (Å²) in [6.45, 7) is 0.